The molecule has 1 saturated heterocycles. The third kappa shape index (κ3) is 3.90. The molecule has 1 aliphatic rings. The van der Waals surface area contributed by atoms with Gasteiger partial charge in [-0.15, -0.1) is 0 Å². The van der Waals surface area contributed by atoms with Crippen molar-refractivity contribution in [1.29, 1.82) is 0 Å². The summed E-state index contributed by atoms with van der Waals surface area (Å²) < 4.78 is 0. The van der Waals surface area contributed by atoms with Crippen LogP contribution in [-0.2, 0) is 0 Å². The van der Waals surface area contributed by atoms with Crippen LogP contribution in [0.1, 0.15) is 48.2 Å². The Bertz CT molecular complexity index is 857. The Morgan fingerprint density at radius 1 is 0.920 bits per heavy atom. The number of aromatic amines is 2. The molecule has 0 atom stereocenters. The Morgan fingerprint density at radius 2 is 1.52 bits per heavy atom. The molecule has 0 bridgehead atoms. The fourth-order valence-corrected chi connectivity index (χ4v) is 3.36. The molecule has 0 aliphatic carbocycles. The van der Waals surface area contributed by atoms with Gasteiger partial charge in [0, 0.05) is 24.3 Å². The molecule has 3 rings (SSSR count). The standard InChI is InChI=1S/C19H23N3O3/c1-13-16(17(23)21-19(25)20-13)14-7-9-15(10-8-14)18(24)22-11-5-3-2-4-6-12-22/h7-10H,2-6,11-12H2,1H3,(H2,20,21,23,25). The summed E-state index contributed by atoms with van der Waals surface area (Å²) in [5.41, 5.74) is 1.29. The molecular formula is C19H23N3O3. The van der Waals surface area contributed by atoms with E-state index < -0.39 is 11.2 Å². The summed E-state index contributed by atoms with van der Waals surface area (Å²) in [6.07, 6.45) is 5.71. The number of likely N-dealkylation sites (tertiary alicyclic amines) is 1. The monoisotopic (exact) mass is 341 g/mol. The zero-order valence-corrected chi connectivity index (χ0v) is 14.4. The molecule has 1 amide bonds. The maximum absolute atomic E-state index is 12.7. The van der Waals surface area contributed by atoms with Crippen LogP contribution < -0.4 is 11.2 Å². The summed E-state index contributed by atoms with van der Waals surface area (Å²) in [7, 11) is 0. The van der Waals surface area contributed by atoms with Gasteiger partial charge in [0.25, 0.3) is 11.5 Å². The Balaban J connectivity index is 1.84. The molecule has 0 unspecified atom stereocenters. The van der Waals surface area contributed by atoms with Crippen LogP contribution in [0.2, 0.25) is 0 Å². The molecule has 1 aromatic carbocycles. The number of hydrogen-bond acceptors (Lipinski definition) is 3. The summed E-state index contributed by atoms with van der Waals surface area (Å²) in [6, 6.07) is 7.02. The molecule has 2 aromatic rings. The highest BCUT2D eigenvalue weighted by Crippen LogP contribution is 2.19. The maximum atomic E-state index is 12.7. The second-order valence-corrected chi connectivity index (χ2v) is 6.55. The van der Waals surface area contributed by atoms with Crippen molar-refractivity contribution in [2.75, 3.05) is 13.1 Å². The third-order valence-corrected chi connectivity index (χ3v) is 4.69. The molecule has 1 aromatic heterocycles. The number of nitrogens with zero attached hydrogens (tertiary/aromatic N) is 1. The van der Waals surface area contributed by atoms with Gasteiger partial charge in [-0.25, -0.2) is 4.79 Å². The van der Waals surface area contributed by atoms with Crippen molar-refractivity contribution in [3.8, 4) is 11.1 Å². The van der Waals surface area contributed by atoms with Crippen LogP contribution in [0.15, 0.2) is 33.9 Å². The number of amides is 1. The van der Waals surface area contributed by atoms with Gasteiger partial charge in [0.15, 0.2) is 0 Å². The molecule has 0 radical (unpaired) electrons. The van der Waals surface area contributed by atoms with Gasteiger partial charge in [-0.1, -0.05) is 31.4 Å². The second-order valence-electron chi connectivity index (χ2n) is 6.55. The highest BCUT2D eigenvalue weighted by Gasteiger charge is 2.17. The fourth-order valence-electron chi connectivity index (χ4n) is 3.36. The van der Waals surface area contributed by atoms with Crippen LogP contribution in [0.25, 0.3) is 11.1 Å². The molecule has 6 heteroatoms. The summed E-state index contributed by atoms with van der Waals surface area (Å²) in [5.74, 6) is 0.0422. The summed E-state index contributed by atoms with van der Waals surface area (Å²) in [6.45, 7) is 3.30. The quantitative estimate of drug-likeness (QED) is 0.880. The molecule has 0 spiro atoms. The topological polar surface area (TPSA) is 86.0 Å². The number of rotatable bonds is 2. The zero-order chi connectivity index (χ0) is 17.8. The zero-order valence-electron chi connectivity index (χ0n) is 14.4. The van der Waals surface area contributed by atoms with E-state index in [2.05, 4.69) is 9.97 Å². The summed E-state index contributed by atoms with van der Waals surface area (Å²) in [4.78, 5) is 42.8. The molecular weight excluding hydrogens is 318 g/mol. The van der Waals surface area contributed by atoms with Gasteiger partial charge >= 0.3 is 5.69 Å². The minimum atomic E-state index is -0.518. The minimum absolute atomic E-state index is 0.0422. The predicted molar refractivity (Wildman–Crippen MR) is 96.8 cm³/mol. The molecule has 132 valence electrons. The lowest BCUT2D eigenvalue weighted by molar-refractivity contribution is 0.0742. The fraction of sp³-hybridized carbons (Fsp3) is 0.421. The van der Waals surface area contributed by atoms with E-state index in [1.807, 2.05) is 4.90 Å². The van der Waals surface area contributed by atoms with Crippen molar-refractivity contribution in [1.82, 2.24) is 14.9 Å². The summed E-state index contributed by atoms with van der Waals surface area (Å²) in [5, 5.41) is 0. The summed E-state index contributed by atoms with van der Waals surface area (Å²) >= 11 is 0. The average Bonchev–Trinajstić information content (AvgIpc) is 2.54. The first-order valence-electron chi connectivity index (χ1n) is 8.79. The van der Waals surface area contributed by atoms with Gasteiger partial charge < -0.3 is 9.88 Å². The van der Waals surface area contributed by atoms with Crippen LogP contribution >= 0.6 is 0 Å². The van der Waals surface area contributed by atoms with E-state index >= 15 is 0 Å². The molecule has 2 N–H and O–H groups in total. The van der Waals surface area contributed by atoms with Crippen molar-refractivity contribution in [2.45, 2.75) is 39.0 Å². The number of nitrogens with one attached hydrogen (secondary N) is 2. The average molecular weight is 341 g/mol. The molecule has 1 fully saturated rings. The van der Waals surface area contributed by atoms with Crippen molar-refractivity contribution in [2.24, 2.45) is 0 Å². The van der Waals surface area contributed by atoms with E-state index in [9.17, 15) is 14.4 Å². The van der Waals surface area contributed by atoms with Gasteiger partial charge in [0.1, 0.15) is 0 Å². The maximum Gasteiger partial charge on any atom is 0.325 e. The molecule has 6 nitrogen and oxygen atoms in total. The number of carbonyl (C=O) groups is 1. The number of aromatic nitrogens is 2. The van der Waals surface area contributed by atoms with Crippen molar-refractivity contribution in [3.63, 3.8) is 0 Å². The van der Waals surface area contributed by atoms with E-state index in [1.54, 1.807) is 31.2 Å². The van der Waals surface area contributed by atoms with Crippen LogP contribution in [0, 0.1) is 6.92 Å². The molecule has 25 heavy (non-hydrogen) atoms. The van der Waals surface area contributed by atoms with Crippen molar-refractivity contribution < 1.29 is 4.79 Å². The highest BCUT2D eigenvalue weighted by molar-refractivity contribution is 5.94. The minimum Gasteiger partial charge on any atom is -0.339 e. The first kappa shape index (κ1) is 17.2. The lowest BCUT2D eigenvalue weighted by Gasteiger charge is -2.25. The van der Waals surface area contributed by atoms with Gasteiger partial charge in [-0.2, -0.15) is 0 Å². The van der Waals surface area contributed by atoms with Crippen LogP contribution in [0.3, 0.4) is 0 Å². The molecule has 1 aliphatic heterocycles. The Hall–Kier alpha value is -2.63. The lowest BCUT2D eigenvalue weighted by Crippen LogP contribution is -2.33. The van der Waals surface area contributed by atoms with Crippen LogP contribution in [-0.4, -0.2) is 33.9 Å². The Kier molecular flexibility index (Phi) is 5.16. The van der Waals surface area contributed by atoms with Gasteiger partial charge in [0.05, 0.1) is 5.56 Å². The second kappa shape index (κ2) is 7.51. The highest BCUT2D eigenvalue weighted by atomic mass is 16.2. The number of carbonyl (C=O) groups excluding carboxylic acids is 1. The molecule has 0 saturated carbocycles. The SMILES string of the molecule is Cc1[nH]c(=O)[nH]c(=O)c1-c1ccc(C(=O)N2CCCCCCC2)cc1. The van der Waals surface area contributed by atoms with Crippen LogP contribution in [0.4, 0.5) is 0 Å². The first-order valence-corrected chi connectivity index (χ1v) is 8.79. The van der Waals surface area contributed by atoms with E-state index in [0.717, 1.165) is 25.9 Å². The van der Waals surface area contributed by atoms with Gasteiger partial charge in [-0.05, 0) is 37.5 Å². The predicted octanol–water partition coefficient (Wildman–Crippen LogP) is 2.44. The Labute approximate surface area is 145 Å². The lowest BCUT2D eigenvalue weighted by atomic mass is 10.0. The largest absolute Gasteiger partial charge is 0.339 e. The van der Waals surface area contributed by atoms with E-state index in [0.29, 0.717) is 22.4 Å². The Morgan fingerprint density at radius 3 is 2.12 bits per heavy atom. The van der Waals surface area contributed by atoms with Crippen molar-refractivity contribution >= 4 is 5.91 Å². The van der Waals surface area contributed by atoms with Gasteiger partial charge in [-0.3, -0.25) is 14.6 Å². The van der Waals surface area contributed by atoms with E-state index in [1.165, 1.54) is 19.3 Å². The number of benzene rings is 1. The number of aryl methyl sites for hydroxylation is 1. The van der Waals surface area contributed by atoms with Gasteiger partial charge in [0.2, 0.25) is 0 Å². The number of hydrogen-bond donors (Lipinski definition) is 2. The number of H-pyrrole nitrogens is 2. The van der Waals surface area contributed by atoms with E-state index in [-0.39, 0.29) is 5.91 Å². The normalized spacial score (nSPS) is 15.5. The van der Waals surface area contributed by atoms with E-state index in [4.69, 9.17) is 0 Å². The third-order valence-electron chi connectivity index (χ3n) is 4.69. The first-order chi connectivity index (χ1) is 12.1. The van der Waals surface area contributed by atoms with Crippen molar-refractivity contribution in [3.05, 3.63) is 56.4 Å². The molecule has 2 heterocycles. The van der Waals surface area contributed by atoms with Crippen LogP contribution in [0.5, 0.6) is 0 Å². The smallest absolute Gasteiger partial charge is 0.325 e.